The smallest absolute Gasteiger partial charge is 0.265 e. The summed E-state index contributed by atoms with van der Waals surface area (Å²) < 4.78 is 24.2. The molecule has 0 bridgehead atoms. The van der Waals surface area contributed by atoms with Crippen molar-refractivity contribution in [2.45, 2.75) is 17.9 Å². The van der Waals surface area contributed by atoms with Gasteiger partial charge in [-0.2, -0.15) is 0 Å². The highest BCUT2D eigenvalue weighted by molar-refractivity contribution is 7.89. The molecular weight excluding hydrogens is 476 g/mol. The summed E-state index contributed by atoms with van der Waals surface area (Å²) in [7, 11) is -3.76. The van der Waals surface area contributed by atoms with Crippen LogP contribution >= 0.6 is 11.6 Å². The van der Waals surface area contributed by atoms with Crippen molar-refractivity contribution in [1.29, 1.82) is 0 Å². The van der Waals surface area contributed by atoms with E-state index in [-0.39, 0.29) is 23.5 Å². The topological polar surface area (TPSA) is 124 Å². The Balaban J connectivity index is 1.55. The van der Waals surface area contributed by atoms with Crippen molar-refractivity contribution in [3.05, 3.63) is 105 Å². The Morgan fingerprint density at radius 3 is 2.38 bits per heavy atom. The molecule has 1 amide bonds. The molecule has 174 valence electrons. The van der Waals surface area contributed by atoms with Crippen LogP contribution in [0.3, 0.4) is 0 Å². The van der Waals surface area contributed by atoms with Crippen molar-refractivity contribution in [3.63, 3.8) is 0 Å². The van der Waals surface area contributed by atoms with Gasteiger partial charge >= 0.3 is 0 Å². The summed E-state index contributed by atoms with van der Waals surface area (Å²) in [5.41, 5.74) is 1.71. The van der Waals surface area contributed by atoms with E-state index in [9.17, 15) is 18.0 Å². The number of aromatic nitrogens is 2. The Morgan fingerprint density at radius 1 is 1.03 bits per heavy atom. The number of sulfonamides is 1. The second kappa shape index (κ2) is 9.76. The maximum Gasteiger partial charge on any atom is 0.265 e. The van der Waals surface area contributed by atoms with E-state index in [0.29, 0.717) is 22.5 Å². The number of hydrogen-bond acceptors (Lipinski definition) is 5. The highest BCUT2D eigenvalue weighted by atomic mass is 35.5. The van der Waals surface area contributed by atoms with Crippen LogP contribution < -0.4 is 16.0 Å². The predicted molar refractivity (Wildman–Crippen MR) is 130 cm³/mol. The van der Waals surface area contributed by atoms with E-state index >= 15 is 0 Å². The number of pyridine rings is 2. The minimum atomic E-state index is -3.76. The van der Waals surface area contributed by atoms with E-state index in [1.54, 1.807) is 48.7 Å². The van der Waals surface area contributed by atoms with Crippen molar-refractivity contribution in [3.8, 4) is 0 Å². The number of nitrogens with two attached hydrogens (primary N) is 1. The van der Waals surface area contributed by atoms with Gasteiger partial charge in [0.2, 0.25) is 10.0 Å². The van der Waals surface area contributed by atoms with Crippen LogP contribution in [0.4, 0.5) is 0 Å². The fourth-order valence-corrected chi connectivity index (χ4v) is 4.19. The van der Waals surface area contributed by atoms with Gasteiger partial charge < -0.3 is 5.32 Å². The van der Waals surface area contributed by atoms with Crippen LogP contribution in [0.25, 0.3) is 11.0 Å². The summed E-state index contributed by atoms with van der Waals surface area (Å²) in [6, 6.07) is 18.3. The molecule has 0 saturated carbocycles. The lowest BCUT2D eigenvalue weighted by molar-refractivity contribution is 0.0952. The molecule has 0 fully saturated rings. The fourth-order valence-electron chi connectivity index (χ4n) is 3.55. The quantitative estimate of drug-likeness (QED) is 0.407. The summed E-state index contributed by atoms with van der Waals surface area (Å²) in [6.07, 6.45) is 2.05. The number of primary sulfonamides is 1. The van der Waals surface area contributed by atoms with Crippen LogP contribution in [0.1, 0.15) is 21.5 Å². The number of benzene rings is 2. The van der Waals surface area contributed by atoms with E-state index in [0.717, 1.165) is 11.1 Å². The van der Waals surface area contributed by atoms with Crippen LogP contribution in [0.2, 0.25) is 5.02 Å². The third-order valence-electron chi connectivity index (χ3n) is 5.30. The van der Waals surface area contributed by atoms with Gasteiger partial charge in [-0.25, -0.2) is 18.5 Å². The molecule has 2 aromatic carbocycles. The van der Waals surface area contributed by atoms with Crippen molar-refractivity contribution in [2.24, 2.45) is 5.14 Å². The molecule has 0 radical (unpaired) electrons. The Kier molecular flexibility index (Phi) is 6.78. The first-order valence-electron chi connectivity index (χ1n) is 10.4. The molecule has 0 aliphatic heterocycles. The normalized spacial score (nSPS) is 11.5. The van der Waals surface area contributed by atoms with Crippen LogP contribution in [0.15, 0.2) is 82.6 Å². The van der Waals surface area contributed by atoms with Crippen molar-refractivity contribution in [2.75, 3.05) is 6.54 Å². The van der Waals surface area contributed by atoms with Crippen LogP contribution in [-0.4, -0.2) is 30.4 Å². The molecule has 0 unspecified atom stereocenters. The Bertz CT molecular complexity index is 1520. The van der Waals surface area contributed by atoms with Gasteiger partial charge in [0.1, 0.15) is 11.2 Å². The molecule has 4 rings (SSSR count). The maximum absolute atomic E-state index is 13.2. The van der Waals surface area contributed by atoms with Gasteiger partial charge in [0.15, 0.2) is 0 Å². The largest absolute Gasteiger partial charge is 0.352 e. The number of nitrogens with zero attached hydrogens (tertiary/aromatic N) is 2. The minimum absolute atomic E-state index is 0.0130. The monoisotopic (exact) mass is 496 g/mol. The summed E-state index contributed by atoms with van der Waals surface area (Å²) in [5, 5.41) is 9.12. The predicted octanol–water partition coefficient (Wildman–Crippen LogP) is 2.72. The highest BCUT2D eigenvalue weighted by Crippen LogP contribution is 2.15. The maximum atomic E-state index is 13.2. The molecule has 4 aromatic rings. The van der Waals surface area contributed by atoms with Crippen LogP contribution in [0, 0.1) is 0 Å². The first-order chi connectivity index (χ1) is 16.2. The lowest BCUT2D eigenvalue weighted by atomic mass is 10.1. The number of carbonyl (C=O) groups excluding carboxylic acids is 1. The zero-order valence-corrected chi connectivity index (χ0v) is 19.5. The SMILES string of the molecule is NS(=O)(=O)c1ccc(CCNC(=O)c2cc3cccnc3n(Cc3ccc(Cl)cc3)c2=O)cc1. The summed E-state index contributed by atoms with van der Waals surface area (Å²) in [5.74, 6) is -0.498. The fraction of sp³-hybridized carbons (Fsp3) is 0.125. The number of halogens is 1. The number of amides is 1. The number of hydrogen-bond donors (Lipinski definition) is 2. The minimum Gasteiger partial charge on any atom is -0.352 e. The molecule has 10 heteroatoms. The van der Waals surface area contributed by atoms with Gasteiger partial charge in [0.25, 0.3) is 11.5 Å². The zero-order chi connectivity index (χ0) is 24.3. The van der Waals surface area contributed by atoms with E-state index in [4.69, 9.17) is 16.7 Å². The van der Waals surface area contributed by atoms with E-state index in [1.807, 2.05) is 12.1 Å². The molecule has 0 aliphatic rings. The summed E-state index contributed by atoms with van der Waals surface area (Å²) in [6.45, 7) is 0.496. The van der Waals surface area contributed by atoms with E-state index in [1.165, 1.54) is 16.7 Å². The van der Waals surface area contributed by atoms with E-state index in [2.05, 4.69) is 10.3 Å². The van der Waals surface area contributed by atoms with Crippen LogP contribution in [0.5, 0.6) is 0 Å². The third kappa shape index (κ3) is 5.33. The zero-order valence-electron chi connectivity index (χ0n) is 17.9. The lowest BCUT2D eigenvalue weighted by Gasteiger charge is -2.13. The number of fused-ring (bicyclic) bond motifs is 1. The Labute approximate surface area is 201 Å². The lowest BCUT2D eigenvalue weighted by Crippen LogP contribution is -2.34. The second-order valence-corrected chi connectivity index (χ2v) is 9.68. The highest BCUT2D eigenvalue weighted by Gasteiger charge is 2.16. The third-order valence-corrected chi connectivity index (χ3v) is 6.48. The number of nitrogens with one attached hydrogen (secondary N) is 1. The molecule has 34 heavy (non-hydrogen) atoms. The first kappa shape index (κ1) is 23.6. The first-order valence-corrected chi connectivity index (χ1v) is 12.3. The molecular formula is C24H21ClN4O4S. The standard InChI is InChI=1S/C24H21ClN4O4S/c25-19-7-3-17(4-8-19)15-29-22-18(2-1-12-27-22)14-21(24(29)31)23(30)28-13-11-16-5-9-20(10-6-16)34(26,32)33/h1-10,12,14H,11,13,15H2,(H,28,30)(H2,26,32,33). The molecule has 8 nitrogen and oxygen atoms in total. The average Bonchev–Trinajstić information content (AvgIpc) is 2.81. The summed E-state index contributed by atoms with van der Waals surface area (Å²) >= 11 is 5.96. The molecule has 0 atom stereocenters. The van der Waals surface area contributed by atoms with Gasteiger partial charge in [-0.05, 0) is 60.0 Å². The van der Waals surface area contributed by atoms with Gasteiger partial charge in [0, 0.05) is 23.2 Å². The number of rotatable bonds is 7. The molecule has 2 aromatic heterocycles. The van der Waals surface area contributed by atoms with Gasteiger partial charge in [-0.3, -0.25) is 14.2 Å². The van der Waals surface area contributed by atoms with Gasteiger partial charge in [-0.1, -0.05) is 35.9 Å². The Morgan fingerprint density at radius 2 is 1.71 bits per heavy atom. The molecule has 0 spiro atoms. The van der Waals surface area contributed by atoms with Crippen molar-refractivity contribution in [1.82, 2.24) is 14.9 Å². The molecule has 3 N–H and O–H groups in total. The summed E-state index contributed by atoms with van der Waals surface area (Å²) in [4.78, 5) is 30.5. The molecule has 2 heterocycles. The van der Waals surface area contributed by atoms with Gasteiger partial charge in [-0.15, -0.1) is 0 Å². The number of carbonyl (C=O) groups is 1. The second-order valence-electron chi connectivity index (χ2n) is 7.69. The molecule has 0 aliphatic carbocycles. The van der Waals surface area contributed by atoms with Crippen molar-refractivity contribution >= 4 is 38.6 Å². The van der Waals surface area contributed by atoms with Crippen molar-refractivity contribution < 1.29 is 13.2 Å². The van der Waals surface area contributed by atoms with Crippen LogP contribution in [-0.2, 0) is 23.0 Å². The van der Waals surface area contributed by atoms with Gasteiger partial charge in [0.05, 0.1) is 11.4 Å². The average molecular weight is 497 g/mol. The molecule has 0 saturated heterocycles. The Hall–Kier alpha value is -3.53. The van der Waals surface area contributed by atoms with E-state index < -0.39 is 21.5 Å².